The fourth-order valence-corrected chi connectivity index (χ4v) is 2.85. The molecule has 0 aliphatic heterocycles. The molecule has 0 unspecified atom stereocenters. The molecule has 2 aliphatic rings. The molecule has 0 radical (unpaired) electrons. The van der Waals surface area contributed by atoms with Crippen molar-refractivity contribution in [1.29, 1.82) is 0 Å². The molecule has 0 bridgehead atoms. The number of carbonyl (C=O) groups is 2. The number of carboxylic acids is 1. The standard InChI is InChI=1S/C12H13ClO3.C10H9ClO3.3CH4/c1-2-15-12(14)8-3-6-11(10(13)7-8)16-9-4-5-9;11-8-5-6(10(12)13)1-4-9(8)14-7-2-3-7;;;/h3,6-7,9H,2,4-5H2,1H3;1,4-5,7H,2-3H2,(H,12,13);3*1H4. The van der Waals surface area contributed by atoms with Crippen LogP contribution in [0, 0.1) is 0 Å². The lowest BCUT2D eigenvalue weighted by Crippen LogP contribution is -2.05. The quantitative estimate of drug-likeness (QED) is 0.395. The van der Waals surface area contributed by atoms with E-state index in [0.29, 0.717) is 39.8 Å². The van der Waals surface area contributed by atoms with Crippen LogP contribution in [-0.2, 0) is 4.74 Å². The summed E-state index contributed by atoms with van der Waals surface area (Å²) in [6, 6.07) is 9.46. The molecule has 33 heavy (non-hydrogen) atoms. The second kappa shape index (κ2) is 14.0. The highest BCUT2D eigenvalue weighted by Crippen LogP contribution is 2.33. The van der Waals surface area contributed by atoms with Gasteiger partial charge in [0.15, 0.2) is 0 Å². The summed E-state index contributed by atoms with van der Waals surface area (Å²) in [6.07, 6.45) is 4.83. The fraction of sp³-hybridized carbons (Fsp3) is 0.440. The highest BCUT2D eigenvalue weighted by atomic mass is 35.5. The fourth-order valence-electron chi connectivity index (χ4n) is 2.40. The summed E-state index contributed by atoms with van der Waals surface area (Å²) in [5.41, 5.74) is 0.633. The third-order valence-corrected chi connectivity index (χ3v) is 4.85. The lowest BCUT2D eigenvalue weighted by molar-refractivity contribution is 0.0525. The maximum Gasteiger partial charge on any atom is 0.338 e. The van der Waals surface area contributed by atoms with E-state index in [1.54, 1.807) is 31.2 Å². The molecule has 2 aromatic rings. The average Bonchev–Trinajstić information content (AvgIpc) is 3.62. The van der Waals surface area contributed by atoms with Crippen molar-refractivity contribution in [2.75, 3.05) is 6.61 Å². The number of halogens is 2. The molecular formula is C25H34Cl2O6. The van der Waals surface area contributed by atoms with Gasteiger partial charge >= 0.3 is 11.9 Å². The van der Waals surface area contributed by atoms with Crippen LogP contribution in [0.5, 0.6) is 11.5 Å². The smallest absolute Gasteiger partial charge is 0.338 e. The molecule has 8 heteroatoms. The zero-order valence-corrected chi connectivity index (χ0v) is 17.9. The predicted octanol–water partition coefficient (Wildman–Crippen LogP) is 7.55. The Morgan fingerprint density at radius 3 is 1.64 bits per heavy atom. The van der Waals surface area contributed by atoms with E-state index in [0.717, 1.165) is 25.7 Å². The zero-order valence-electron chi connectivity index (χ0n) is 16.4. The normalized spacial score (nSPS) is 13.5. The Morgan fingerprint density at radius 2 is 1.27 bits per heavy atom. The van der Waals surface area contributed by atoms with Crippen LogP contribution in [0.2, 0.25) is 10.0 Å². The lowest BCUT2D eigenvalue weighted by atomic mass is 10.2. The van der Waals surface area contributed by atoms with E-state index >= 15 is 0 Å². The van der Waals surface area contributed by atoms with Gasteiger partial charge in [0.2, 0.25) is 0 Å². The van der Waals surface area contributed by atoms with Gasteiger partial charge < -0.3 is 19.3 Å². The number of benzene rings is 2. The number of hydrogen-bond donors (Lipinski definition) is 1. The highest BCUT2D eigenvalue weighted by Gasteiger charge is 2.25. The first kappa shape index (κ1) is 30.6. The van der Waals surface area contributed by atoms with Crippen molar-refractivity contribution < 1.29 is 28.9 Å². The minimum absolute atomic E-state index is 0. The second-order valence-corrected chi connectivity index (χ2v) is 7.76. The monoisotopic (exact) mass is 500 g/mol. The van der Waals surface area contributed by atoms with Crippen molar-refractivity contribution in [1.82, 2.24) is 0 Å². The first-order chi connectivity index (χ1) is 14.4. The molecular weight excluding hydrogens is 467 g/mol. The van der Waals surface area contributed by atoms with Crippen LogP contribution in [0.25, 0.3) is 0 Å². The van der Waals surface area contributed by atoms with Crippen LogP contribution in [0.3, 0.4) is 0 Å². The molecule has 6 nitrogen and oxygen atoms in total. The molecule has 2 aromatic carbocycles. The van der Waals surface area contributed by atoms with E-state index in [-0.39, 0.29) is 39.9 Å². The van der Waals surface area contributed by atoms with Crippen molar-refractivity contribution in [3.63, 3.8) is 0 Å². The minimum Gasteiger partial charge on any atom is -0.489 e. The molecule has 1 N–H and O–H groups in total. The third kappa shape index (κ3) is 9.52. The highest BCUT2D eigenvalue weighted by molar-refractivity contribution is 6.32. The molecule has 0 saturated heterocycles. The van der Waals surface area contributed by atoms with Gasteiger partial charge in [-0.25, -0.2) is 9.59 Å². The Kier molecular flexibility index (Phi) is 12.9. The SMILES string of the molecule is C.C.C.CCOC(=O)c1ccc(OC2CC2)c(Cl)c1.O=C(O)c1ccc(OC2CC2)c(Cl)c1. The topological polar surface area (TPSA) is 82.1 Å². The lowest BCUT2D eigenvalue weighted by Gasteiger charge is -2.08. The summed E-state index contributed by atoms with van der Waals surface area (Å²) < 4.78 is 15.9. The van der Waals surface area contributed by atoms with Crippen molar-refractivity contribution >= 4 is 35.1 Å². The van der Waals surface area contributed by atoms with Crippen molar-refractivity contribution in [3.05, 3.63) is 57.6 Å². The van der Waals surface area contributed by atoms with Crippen LogP contribution < -0.4 is 9.47 Å². The number of carboxylic acid groups (broad SMARTS) is 1. The molecule has 0 aromatic heterocycles. The number of hydrogen-bond acceptors (Lipinski definition) is 5. The molecule has 2 saturated carbocycles. The summed E-state index contributed by atoms with van der Waals surface area (Å²) in [4.78, 5) is 22.0. The first-order valence-electron chi connectivity index (χ1n) is 9.70. The maximum absolute atomic E-state index is 11.4. The van der Waals surface area contributed by atoms with Gasteiger partial charge in [-0.2, -0.15) is 0 Å². The Hall–Kier alpha value is -2.44. The number of carbonyl (C=O) groups excluding carboxylic acids is 1. The van der Waals surface area contributed by atoms with Crippen molar-refractivity contribution in [2.24, 2.45) is 0 Å². The van der Waals surface area contributed by atoms with Crippen LogP contribution in [-0.4, -0.2) is 35.9 Å². The summed E-state index contributed by atoms with van der Waals surface area (Å²) in [5.74, 6) is -0.136. The summed E-state index contributed by atoms with van der Waals surface area (Å²) in [6.45, 7) is 2.13. The molecule has 0 atom stereocenters. The predicted molar refractivity (Wildman–Crippen MR) is 133 cm³/mol. The van der Waals surface area contributed by atoms with Crippen LogP contribution in [0.1, 0.15) is 75.6 Å². The van der Waals surface area contributed by atoms with Crippen molar-refractivity contribution in [3.8, 4) is 11.5 Å². The molecule has 0 amide bonds. The van der Waals surface area contributed by atoms with E-state index in [2.05, 4.69) is 0 Å². The molecule has 2 aliphatic carbocycles. The number of rotatable bonds is 7. The van der Waals surface area contributed by atoms with Gasteiger partial charge in [0, 0.05) is 0 Å². The van der Waals surface area contributed by atoms with E-state index in [1.807, 2.05) is 0 Å². The molecule has 0 spiro atoms. The van der Waals surface area contributed by atoms with Gasteiger partial charge in [0.1, 0.15) is 11.5 Å². The van der Waals surface area contributed by atoms with Gasteiger partial charge in [0.25, 0.3) is 0 Å². The van der Waals surface area contributed by atoms with Crippen LogP contribution in [0.15, 0.2) is 36.4 Å². The van der Waals surface area contributed by atoms with Crippen LogP contribution >= 0.6 is 23.2 Å². The second-order valence-electron chi connectivity index (χ2n) is 6.95. The van der Waals surface area contributed by atoms with Gasteiger partial charge in [-0.15, -0.1) is 0 Å². The Labute approximate surface area is 206 Å². The maximum atomic E-state index is 11.4. The third-order valence-electron chi connectivity index (χ3n) is 4.26. The first-order valence-corrected chi connectivity index (χ1v) is 10.5. The Bertz CT molecular complexity index is 923. The molecule has 4 rings (SSSR count). The van der Waals surface area contributed by atoms with Gasteiger partial charge in [0.05, 0.1) is 40.0 Å². The van der Waals surface area contributed by atoms with Gasteiger partial charge in [-0.3, -0.25) is 0 Å². The van der Waals surface area contributed by atoms with Crippen molar-refractivity contribution in [2.45, 2.75) is 67.1 Å². The number of esters is 1. The number of ether oxygens (including phenoxy) is 3. The van der Waals surface area contributed by atoms with E-state index < -0.39 is 5.97 Å². The van der Waals surface area contributed by atoms with E-state index in [9.17, 15) is 9.59 Å². The summed E-state index contributed by atoms with van der Waals surface area (Å²) >= 11 is 11.9. The Balaban J connectivity index is 0.000000573. The Morgan fingerprint density at radius 1 is 0.848 bits per heavy atom. The van der Waals surface area contributed by atoms with Crippen LogP contribution in [0.4, 0.5) is 0 Å². The average molecular weight is 501 g/mol. The van der Waals surface area contributed by atoms with E-state index in [1.165, 1.54) is 12.1 Å². The summed E-state index contributed by atoms with van der Waals surface area (Å²) in [7, 11) is 0. The largest absolute Gasteiger partial charge is 0.489 e. The number of aromatic carboxylic acids is 1. The van der Waals surface area contributed by atoms with E-state index in [4.69, 9.17) is 42.5 Å². The van der Waals surface area contributed by atoms with Gasteiger partial charge in [-0.05, 0) is 69.0 Å². The molecule has 0 heterocycles. The molecule has 184 valence electrons. The summed E-state index contributed by atoms with van der Waals surface area (Å²) in [5, 5.41) is 9.51. The minimum atomic E-state index is -0.982. The zero-order chi connectivity index (χ0) is 21.7. The molecule has 2 fully saturated rings. The van der Waals surface area contributed by atoms with Gasteiger partial charge in [-0.1, -0.05) is 45.5 Å².